The maximum atomic E-state index is 12.0. The van der Waals surface area contributed by atoms with E-state index in [0.717, 1.165) is 13.1 Å². The minimum absolute atomic E-state index is 0. The number of halogens is 1. The Balaban J connectivity index is 0.00000133. The topological polar surface area (TPSA) is 44.4 Å². The third-order valence-electron chi connectivity index (χ3n) is 4.69. The Morgan fingerprint density at radius 2 is 1.84 bits per heavy atom. The molecule has 0 spiro atoms. The lowest BCUT2D eigenvalue weighted by Gasteiger charge is -2.24. The van der Waals surface area contributed by atoms with E-state index in [2.05, 4.69) is 15.5 Å². The van der Waals surface area contributed by atoms with Crippen molar-refractivity contribution in [1.82, 2.24) is 15.5 Å². The van der Waals surface area contributed by atoms with Crippen LogP contribution in [0.25, 0.3) is 0 Å². The molecular formula is C14H26ClN3O. The minimum atomic E-state index is 0. The summed E-state index contributed by atoms with van der Waals surface area (Å²) in [5.74, 6) is 0.236. The number of hydrogen-bond acceptors (Lipinski definition) is 3. The van der Waals surface area contributed by atoms with Gasteiger partial charge in [-0.1, -0.05) is 12.8 Å². The van der Waals surface area contributed by atoms with Crippen molar-refractivity contribution in [1.29, 1.82) is 0 Å². The number of nitrogens with one attached hydrogen (secondary N) is 2. The van der Waals surface area contributed by atoms with Crippen LogP contribution in [0.3, 0.4) is 0 Å². The van der Waals surface area contributed by atoms with Gasteiger partial charge < -0.3 is 10.6 Å². The highest BCUT2D eigenvalue weighted by molar-refractivity contribution is 5.85. The molecule has 1 amide bonds. The molecular weight excluding hydrogens is 262 g/mol. The van der Waals surface area contributed by atoms with E-state index in [1.807, 2.05) is 0 Å². The van der Waals surface area contributed by atoms with Crippen molar-refractivity contribution in [2.75, 3.05) is 19.6 Å². The highest BCUT2D eigenvalue weighted by atomic mass is 35.5. The van der Waals surface area contributed by atoms with Gasteiger partial charge in [-0.15, -0.1) is 12.4 Å². The first-order chi connectivity index (χ1) is 8.79. The zero-order valence-corrected chi connectivity index (χ0v) is 12.4. The molecule has 19 heavy (non-hydrogen) atoms. The summed E-state index contributed by atoms with van der Waals surface area (Å²) in [7, 11) is 0. The summed E-state index contributed by atoms with van der Waals surface area (Å²) in [6, 6.07) is 1.79. The van der Waals surface area contributed by atoms with E-state index in [4.69, 9.17) is 0 Å². The lowest BCUT2D eigenvalue weighted by Crippen LogP contribution is -2.44. The Labute approximate surface area is 122 Å². The van der Waals surface area contributed by atoms with Crippen molar-refractivity contribution in [2.24, 2.45) is 0 Å². The van der Waals surface area contributed by atoms with Gasteiger partial charge in [-0.05, 0) is 32.1 Å². The normalized spacial score (nSPS) is 31.8. The number of rotatable bonds is 3. The molecule has 2 bridgehead atoms. The van der Waals surface area contributed by atoms with Gasteiger partial charge in [0.25, 0.3) is 0 Å². The Morgan fingerprint density at radius 1 is 1.11 bits per heavy atom. The van der Waals surface area contributed by atoms with Crippen molar-refractivity contribution in [3.63, 3.8) is 0 Å². The van der Waals surface area contributed by atoms with E-state index in [-0.39, 0.29) is 18.3 Å². The van der Waals surface area contributed by atoms with Gasteiger partial charge in [0.15, 0.2) is 0 Å². The first-order valence-corrected chi connectivity index (χ1v) is 7.57. The summed E-state index contributed by atoms with van der Waals surface area (Å²) < 4.78 is 0. The fourth-order valence-electron chi connectivity index (χ4n) is 3.71. The molecule has 0 aromatic carbocycles. The summed E-state index contributed by atoms with van der Waals surface area (Å²) in [6.07, 6.45) is 8.73. The summed E-state index contributed by atoms with van der Waals surface area (Å²) in [5.41, 5.74) is 0. The monoisotopic (exact) mass is 287 g/mol. The first-order valence-electron chi connectivity index (χ1n) is 7.57. The largest absolute Gasteiger partial charge is 0.352 e. The molecule has 2 atom stereocenters. The van der Waals surface area contributed by atoms with Crippen LogP contribution >= 0.6 is 12.4 Å². The van der Waals surface area contributed by atoms with E-state index in [9.17, 15) is 4.79 Å². The molecule has 0 aromatic rings. The van der Waals surface area contributed by atoms with Crippen LogP contribution in [-0.4, -0.2) is 48.6 Å². The average Bonchev–Trinajstić information content (AvgIpc) is 2.92. The fraction of sp³-hybridized carbons (Fsp3) is 0.929. The van der Waals surface area contributed by atoms with Crippen LogP contribution in [0, 0.1) is 0 Å². The van der Waals surface area contributed by atoms with Gasteiger partial charge in [-0.3, -0.25) is 9.69 Å². The molecule has 2 heterocycles. The second-order valence-electron chi connectivity index (χ2n) is 6.21. The third kappa shape index (κ3) is 4.07. The molecule has 1 aliphatic carbocycles. The maximum Gasteiger partial charge on any atom is 0.234 e. The van der Waals surface area contributed by atoms with Crippen molar-refractivity contribution in [3.05, 3.63) is 0 Å². The smallest absolute Gasteiger partial charge is 0.234 e. The SMILES string of the molecule is Cl.O=C(CN1CCC2CCC(C1)N2)NC1CCCC1. The van der Waals surface area contributed by atoms with Crippen LogP contribution in [0.4, 0.5) is 0 Å². The molecule has 2 N–H and O–H groups in total. The number of fused-ring (bicyclic) bond motifs is 2. The van der Waals surface area contributed by atoms with Gasteiger partial charge in [0.05, 0.1) is 6.54 Å². The second kappa shape index (κ2) is 6.91. The molecule has 3 fully saturated rings. The number of nitrogens with zero attached hydrogens (tertiary/aromatic N) is 1. The lowest BCUT2D eigenvalue weighted by molar-refractivity contribution is -0.123. The van der Waals surface area contributed by atoms with Crippen molar-refractivity contribution in [2.45, 2.75) is 63.1 Å². The van der Waals surface area contributed by atoms with Gasteiger partial charge in [-0.25, -0.2) is 0 Å². The van der Waals surface area contributed by atoms with Crippen LogP contribution < -0.4 is 10.6 Å². The molecule has 5 heteroatoms. The minimum Gasteiger partial charge on any atom is -0.352 e. The molecule has 2 saturated heterocycles. The molecule has 110 valence electrons. The lowest BCUT2D eigenvalue weighted by atomic mass is 10.1. The molecule has 0 aromatic heterocycles. The fourth-order valence-corrected chi connectivity index (χ4v) is 3.71. The summed E-state index contributed by atoms with van der Waals surface area (Å²) in [5, 5.41) is 6.85. The second-order valence-corrected chi connectivity index (χ2v) is 6.21. The molecule has 4 nitrogen and oxygen atoms in total. The van der Waals surface area contributed by atoms with Crippen molar-refractivity contribution < 1.29 is 4.79 Å². The third-order valence-corrected chi connectivity index (χ3v) is 4.69. The summed E-state index contributed by atoms with van der Waals surface area (Å²) >= 11 is 0. The summed E-state index contributed by atoms with van der Waals surface area (Å²) in [6.45, 7) is 2.72. The molecule has 0 radical (unpaired) electrons. The van der Waals surface area contributed by atoms with E-state index < -0.39 is 0 Å². The highest BCUT2D eigenvalue weighted by Gasteiger charge is 2.30. The van der Waals surface area contributed by atoms with Gasteiger partial charge in [-0.2, -0.15) is 0 Å². The zero-order valence-electron chi connectivity index (χ0n) is 11.6. The highest BCUT2D eigenvalue weighted by Crippen LogP contribution is 2.20. The van der Waals surface area contributed by atoms with Gasteiger partial charge in [0, 0.05) is 31.2 Å². The number of carbonyl (C=O) groups excluding carboxylic acids is 1. The quantitative estimate of drug-likeness (QED) is 0.822. The van der Waals surface area contributed by atoms with E-state index in [0.29, 0.717) is 24.7 Å². The Kier molecular flexibility index (Phi) is 5.48. The number of carbonyl (C=O) groups is 1. The van der Waals surface area contributed by atoms with E-state index in [1.165, 1.54) is 44.9 Å². The van der Waals surface area contributed by atoms with Gasteiger partial charge in [0.2, 0.25) is 5.91 Å². The van der Waals surface area contributed by atoms with Crippen LogP contribution in [0.1, 0.15) is 44.9 Å². The number of hydrogen-bond donors (Lipinski definition) is 2. The Hall–Kier alpha value is -0.320. The number of likely N-dealkylation sites (tertiary alicyclic amines) is 1. The van der Waals surface area contributed by atoms with E-state index in [1.54, 1.807) is 0 Å². The van der Waals surface area contributed by atoms with Crippen molar-refractivity contribution in [3.8, 4) is 0 Å². The van der Waals surface area contributed by atoms with Crippen LogP contribution in [0.15, 0.2) is 0 Å². The molecule has 3 aliphatic rings. The standard InChI is InChI=1S/C14H25N3O.ClH/c18-14(16-11-3-1-2-4-11)10-17-8-7-12-5-6-13(9-17)15-12;/h11-13,15H,1-10H2,(H,16,18);1H. The predicted octanol–water partition coefficient (Wildman–Crippen LogP) is 1.29. The first kappa shape index (κ1) is 15.1. The molecule has 1 saturated carbocycles. The van der Waals surface area contributed by atoms with Gasteiger partial charge >= 0.3 is 0 Å². The Morgan fingerprint density at radius 3 is 2.63 bits per heavy atom. The number of amides is 1. The van der Waals surface area contributed by atoms with Crippen LogP contribution in [0.5, 0.6) is 0 Å². The zero-order chi connectivity index (χ0) is 12.4. The average molecular weight is 288 g/mol. The van der Waals surface area contributed by atoms with E-state index >= 15 is 0 Å². The Bertz CT molecular complexity index is 307. The summed E-state index contributed by atoms with van der Waals surface area (Å²) in [4.78, 5) is 14.3. The maximum absolute atomic E-state index is 12.0. The van der Waals surface area contributed by atoms with Crippen LogP contribution in [-0.2, 0) is 4.79 Å². The predicted molar refractivity (Wildman–Crippen MR) is 78.6 cm³/mol. The molecule has 2 unspecified atom stereocenters. The molecule has 2 aliphatic heterocycles. The van der Waals surface area contributed by atoms with Crippen LogP contribution in [0.2, 0.25) is 0 Å². The van der Waals surface area contributed by atoms with Gasteiger partial charge in [0.1, 0.15) is 0 Å². The van der Waals surface area contributed by atoms with Crippen molar-refractivity contribution >= 4 is 18.3 Å². The molecule has 3 rings (SSSR count).